The van der Waals surface area contributed by atoms with Gasteiger partial charge in [0.05, 0.1) is 9.35 Å². The molecule has 88 valence electrons. The summed E-state index contributed by atoms with van der Waals surface area (Å²) in [6.45, 7) is -3.56. The number of carbonyl (C=O) groups excluding carboxylic acids is 1. The summed E-state index contributed by atoms with van der Waals surface area (Å²) in [6, 6.07) is 0. The summed E-state index contributed by atoms with van der Waals surface area (Å²) in [5.74, 6) is -1.61. The van der Waals surface area contributed by atoms with E-state index in [-0.39, 0.29) is 17.1 Å². The third-order valence-corrected chi connectivity index (χ3v) is 3.89. The molecule has 0 aromatic heterocycles. The summed E-state index contributed by atoms with van der Waals surface area (Å²) in [4.78, 5) is 11.7. The summed E-state index contributed by atoms with van der Waals surface area (Å²) in [7, 11) is -4.06. The van der Waals surface area contributed by atoms with Crippen molar-refractivity contribution in [1.29, 1.82) is 0 Å². The first-order valence-corrected chi connectivity index (χ1v) is 6.72. The highest BCUT2D eigenvalue weighted by Gasteiger charge is 2.37. The molecule has 1 amide bonds. The molecule has 0 radical (unpaired) electrons. The lowest BCUT2D eigenvalue weighted by molar-refractivity contribution is -0.125. The van der Waals surface area contributed by atoms with Gasteiger partial charge in [0.2, 0.25) is 5.91 Å². The number of nitrogens with zero attached hydrogens (tertiary/aromatic N) is 1. The number of hydrogen-bond donors (Lipinski definition) is 1. The van der Waals surface area contributed by atoms with E-state index in [1.165, 1.54) is 0 Å². The molecule has 1 rings (SSSR count). The molecule has 1 unspecified atom stereocenters. The van der Waals surface area contributed by atoms with Crippen LogP contribution in [0.25, 0.3) is 0 Å². The normalized spacial score (nSPS) is 37.3. The summed E-state index contributed by atoms with van der Waals surface area (Å²) >= 11 is 10.8. The Balaban J connectivity index is 3.20. The summed E-state index contributed by atoms with van der Waals surface area (Å²) in [5, 5.41) is 2.35. The van der Waals surface area contributed by atoms with Gasteiger partial charge in [0.1, 0.15) is 5.88 Å². The number of nitrogens with one attached hydrogen (secondary N) is 1. The molecular weight excluding hydrogens is 262 g/mol. The molecule has 0 saturated carbocycles. The Morgan fingerprint density at radius 2 is 2.40 bits per heavy atom. The van der Waals surface area contributed by atoms with E-state index in [1.54, 1.807) is 0 Å². The van der Waals surface area contributed by atoms with Gasteiger partial charge in [-0.15, -0.1) is 23.2 Å². The van der Waals surface area contributed by atoms with Gasteiger partial charge in [0.25, 0.3) is 0 Å². The lowest BCUT2D eigenvalue weighted by atomic mass is 10.4. The first kappa shape index (κ1) is 8.31. The zero-order valence-electron chi connectivity index (χ0n) is 11.7. The van der Waals surface area contributed by atoms with Crippen LogP contribution in [0, 0.1) is 0 Å². The van der Waals surface area contributed by atoms with E-state index in [2.05, 4.69) is 5.09 Å². The van der Waals surface area contributed by atoms with Gasteiger partial charge in [0.15, 0.2) is 0 Å². The molecule has 8 heteroatoms. The monoisotopic (exact) mass is 278 g/mol. The molecule has 5 nitrogen and oxygen atoms in total. The fourth-order valence-corrected chi connectivity index (χ4v) is 2.89. The largest absolute Gasteiger partial charge is 0.370 e. The van der Waals surface area contributed by atoms with E-state index >= 15 is 0 Å². The van der Waals surface area contributed by atoms with Crippen LogP contribution in [0.5, 0.6) is 0 Å². The van der Waals surface area contributed by atoms with Crippen LogP contribution in [0.3, 0.4) is 0 Å². The van der Waals surface area contributed by atoms with Crippen molar-refractivity contribution < 1.29 is 19.4 Å². The van der Waals surface area contributed by atoms with Crippen LogP contribution >= 0.6 is 30.9 Å². The third kappa shape index (κ3) is 3.33. The van der Waals surface area contributed by atoms with Crippen molar-refractivity contribution in [3.05, 3.63) is 0 Å². The molecule has 0 spiro atoms. The lowest BCUT2D eigenvalue weighted by Crippen LogP contribution is -2.39. The van der Waals surface area contributed by atoms with Crippen LogP contribution in [0.2, 0.25) is 0 Å². The smallest absolute Gasteiger partial charge is 0.302 e. The van der Waals surface area contributed by atoms with Gasteiger partial charge in [-0.05, 0) is 6.37 Å². The molecule has 1 atom stereocenters. The van der Waals surface area contributed by atoms with E-state index in [9.17, 15) is 9.36 Å². The highest BCUT2D eigenvalue weighted by Crippen LogP contribution is 2.49. The Kier molecular flexibility index (Phi) is 3.36. The van der Waals surface area contributed by atoms with Crippen molar-refractivity contribution in [1.82, 2.24) is 9.76 Å². The average molecular weight is 279 g/mol. The predicted octanol–water partition coefficient (Wildman–Crippen LogP) is 1.41. The summed E-state index contributed by atoms with van der Waals surface area (Å²) in [5.41, 5.74) is 0. The number of alkyl halides is 2. The Morgan fingerprint density at radius 1 is 1.67 bits per heavy atom. The van der Waals surface area contributed by atoms with Crippen LogP contribution in [0.1, 0.15) is 11.9 Å². The molecule has 1 aliphatic heterocycles. The maximum Gasteiger partial charge on any atom is 0.370 e. The molecule has 1 fully saturated rings. The lowest BCUT2D eigenvalue weighted by Gasteiger charge is -2.34. The van der Waals surface area contributed by atoms with Crippen LogP contribution in [0.15, 0.2) is 0 Å². The van der Waals surface area contributed by atoms with Crippen molar-refractivity contribution in [2.45, 2.75) is 6.37 Å². The molecule has 1 heterocycles. The minimum atomic E-state index is -4.06. The fourth-order valence-electron chi connectivity index (χ4n) is 0.916. The van der Waals surface area contributed by atoms with Gasteiger partial charge in [-0.1, -0.05) is 0 Å². The molecule has 1 N–H and O–H groups in total. The van der Waals surface area contributed by atoms with Crippen molar-refractivity contribution >= 4 is 36.8 Å². The molecule has 1 aliphatic rings. The van der Waals surface area contributed by atoms with E-state index in [4.69, 9.17) is 33.2 Å². The van der Waals surface area contributed by atoms with E-state index in [0.717, 1.165) is 0 Å². The summed E-state index contributed by atoms with van der Waals surface area (Å²) in [6.07, 6.45) is -2.51. The second kappa shape index (κ2) is 6.06. The summed E-state index contributed by atoms with van der Waals surface area (Å²) < 4.78 is 48.1. The van der Waals surface area contributed by atoms with Gasteiger partial charge in [0, 0.05) is 21.7 Å². The number of amides is 1. The molecule has 0 bridgehead atoms. The van der Waals surface area contributed by atoms with Crippen LogP contribution in [-0.4, -0.2) is 42.0 Å². The highest BCUT2D eigenvalue weighted by atomic mass is 35.5. The minimum absolute atomic E-state index is 0.00395. The minimum Gasteiger partial charge on any atom is -0.302 e. The van der Waals surface area contributed by atoms with Crippen LogP contribution < -0.4 is 5.09 Å². The van der Waals surface area contributed by atoms with Crippen molar-refractivity contribution in [3.63, 3.8) is 0 Å². The van der Waals surface area contributed by atoms with Crippen LogP contribution in [0.4, 0.5) is 0 Å². The maximum atomic E-state index is 12.5. The number of carbonyl (C=O) groups is 1. The molecule has 0 aromatic carbocycles. The Labute approximate surface area is 104 Å². The quantitative estimate of drug-likeness (QED) is 0.624. The van der Waals surface area contributed by atoms with Gasteiger partial charge in [-0.3, -0.25) is 9.46 Å². The Bertz CT molecular complexity index is 412. The molecule has 0 aromatic rings. The zero-order valence-corrected chi connectivity index (χ0v) is 10.1. The van der Waals surface area contributed by atoms with E-state index in [0.29, 0.717) is 0 Å². The predicted molar refractivity (Wildman–Crippen MR) is 59.3 cm³/mol. The third-order valence-electron chi connectivity index (χ3n) is 1.52. The standard InChI is InChI=1S/C7H13Cl2N2O3P/c8-2-3-10-15(13)11(7(12)6-9)4-1-5-14-15/h1-6H2,(H,10,13)/i1D2,4D2. The van der Waals surface area contributed by atoms with E-state index in [1.807, 2.05) is 0 Å². The fraction of sp³-hybridized carbons (Fsp3) is 0.857. The first-order chi connectivity index (χ1) is 8.62. The molecule has 0 aliphatic carbocycles. The topological polar surface area (TPSA) is 58.6 Å². The molecule has 15 heavy (non-hydrogen) atoms. The highest BCUT2D eigenvalue weighted by molar-refractivity contribution is 7.55. The van der Waals surface area contributed by atoms with Gasteiger partial charge in [-0.25, -0.2) is 9.65 Å². The maximum absolute atomic E-state index is 12.5. The average Bonchev–Trinajstić information content (AvgIpc) is 2.32. The van der Waals surface area contributed by atoms with Crippen molar-refractivity contribution in [2.75, 3.05) is 31.4 Å². The second-order valence-electron chi connectivity index (χ2n) is 2.52. The number of rotatable bonds is 4. The number of hydrogen-bond acceptors (Lipinski definition) is 3. The Morgan fingerprint density at radius 3 is 3.00 bits per heavy atom. The SMILES string of the molecule is [2H]C1([2H])COP(=O)(NCCCl)N(C(=O)CCl)C1([2H])[2H]. The number of halogens is 2. The van der Waals surface area contributed by atoms with Gasteiger partial charge in [-0.2, -0.15) is 0 Å². The van der Waals surface area contributed by atoms with Crippen LogP contribution in [-0.2, 0) is 13.9 Å². The zero-order chi connectivity index (χ0) is 14.9. The second-order valence-corrected chi connectivity index (χ2v) is 5.18. The van der Waals surface area contributed by atoms with Crippen molar-refractivity contribution in [3.8, 4) is 0 Å². The van der Waals surface area contributed by atoms with Gasteiger partial charge < -0.3 is 4.52 Å². The van der Waals surface area contributed by atoms with Gasteiger partial charge >= 0.3 is 7.67 Å². The molecule has 1 saturated heterocycles. The van der Waals surface area contributed by atoms with Crippen molar-refractivity contribution in [2.24, 2.45) is 0 Å². The molecular formula is C7H13Cl2N2O3P. The Hall–Kier alpha value is 0.200. The van der Waals surface area contributed by atoms with E-state index < -0.39 is 38.9 Å². The first-order valence-electron chi connectivity index (χ1n) is 6.07.